The summed E-state index contributed by atoms with van der Waals surface area (Å²) in [5.41, 5.74) is 7.08. The van der Waals surface area contributed by atoms with Gasteiger partial charge in [-0.15, -0.1) is 11.3 Å². The number of nitrogens with zero attached hydrogens (tertiary/aromatic N) is 1. The van der Waals surface area contributed by atoms with Crippen LogP contribution in [0.3, 0.4) is 0 Å². The topological polar surface area (TPSA) is 68.0 Å². The molecule has 1 aliphatic rings. The van der Waals surface area contributed by atoms with Crippen molar-refractivity contribution in [3.63, 3.8) is 0 Å². The van der Waals surface area contributed by atoms with E-state index in [0.29, 0.717) is 25.4 Å². The van der Waals surface area contributed by atoms with Gasteiger partial charge in [0.2, 0.25) is 5.91 Å². The number of thiazole rings is 1. The zero-order valence-corrected chi connectivity index (χ0v) is 14.7. The molecule has 1 aromatic heterocycles. The van der Waals surface area contributed by atoms with Crippen LogP contribution >= 0.6 is 11.3 Å². The van der Waals surface area contributed by atoms with Gasteiger partial charge in [-0.3, -0.25) is 4.79 Å². The molecule has 1 fully saturated rings. The van der Waals surface area contributed by atoms with Crippen molar-refractivity contribution in [2.45, 2.75) is 64.7 Å². The largest absolute Gasteiger partial charge is 0.356 e. The fraction of sp³-hybridized carbons (Fsp3) is 0.765. The molecule has 1 aliphatic carbocycles. The number of nitrogens with one attached hydrogen (secondary N) is 1. The third-order valence-corrected chi connectivity index (χ3v) is 5.84. The minimum atomic E-state index is 0.0494. The molecule has 124 valence electrons. The highest BCUT2D eigenvalue weighted by Gasteiger charge is 2.32. The van der Waals surface area contributed by atoms with E-state index in [2.05, 4.69) is 29.5 Å². The van der Waals surface area contributed by atoms with Crippen LogP contribution in [0.15, 0.2) is 5.38 Å². The molecule has 1 amide bonds. The van der Waals surface area contributed by atoms with Gasteiger partial charge in [0, 0.05) is 30.7 Å². The Bertz CT molecular complexity index is 478. The zero-order chi connectivity index (χ0) is 16.0. The molecule has 0 radical (unpaired) electrons. The lowest BCUT2D eigenvalue weighted by Crippen LogP contribution is -2.39. The van der Waals surface area contributed by atoms with Gasteiger partial charge in [-0.25, -0.2) is 4.98 Å². The monoisotopic (exact) mass is 323 g/mol. The Morgan fingerprint density at radius 2 is 2.14 bits per heavy atom. The molecule has 2 rings (SSSR count). The summed E-state index contributed by atoms with van der Waals surface area (Å²) in [6.45, 7) is 5.60. The smallest absolute Gasteiger partial charge is 0.220 e. The maximum atomic E-state index is 12.2. The standard InChI is InChI=1S/C17H29N3OS/c1-13(2)16-20-14(11-22-16)6-9-19-15(21)10-17(12-18)7-4-3-5-8-17/h11,13H,3-10,12,18H2,1-2H3,(H,19,21). The Balaban J connectivity index is 1.75. The number of rotatable bonds is 7. The number of amides is 1. The number of carbonyl (C=O) groups is 1. The molecule has 22 heavy (non-hydrogen) atoms. The maximum absolute atomic E-state index is 12.2. The maximum Gasteiger partial charge on any atom is 0.220 e. The Labute approximate surface area is 137 Å². The number of nitrogens with two attached hydrogens (primary N) is 1. The van der Waals surface area contributed by atoms with Gasteiger partial charge in [0.05, 0.1) is 10.7 Å². The van der Waals surface area contributed by atoms with Gasteiger partial charge in [-0.2, -0.15) is 0 Å². The van der Waals surface area contributed by atoms with Gasteiger partial charge in [-0.05, 0) is 24.8 Å². The summed E-state index contributed by atoms with van der Waals surface area (Å²) in [5.74, 6) is 0.621. The SMILES string of the molecule is CC(C)c1nc(CCNC(=O)CC2(CN)CCCCC2)cs1. The molecule has 0 aliphatic heterocycles. The molecule has 0 aromatic carbocycles. The molecular formula is C17H29N3OS. The van der Waals surface area contributed by atoms with E-state index < -0.39 is 0 Å². The summed E-state index contributed by atoms with van der Waals surface area (Å²) in [6.07, 6.45) is 7.29. The van der Waals surface area contributed by atoms with E-state index in [1.54, 1.807) is 11.3 Å². The number of carbonyl (C=O) groups excluding carboxylic acids is 1. The molecule has 0 spiro atoms. The van der Waals surface area contributed by atoms with Crippen LogP contribution < -0.4 is 11.1 Å². The number of hydrogen-bond donors (Lipinski definition) is 2. The first-order valence-electron chi connectivity index (χ1n) is 8.46. The van der Waals surface area contributed by atoms with Crippen molar-refractivity contribution in [2.75, 3.05) is 13.1 Å². The van der Waals surface area contributed by atoms with Crippen LogP contribution in [0.1, 0.15) is 69.0 Å². The van der Waals surface area contributed by atoms with E-state index in [1.807, 2.05) is 0 Å². The van der Waals surface area contributed by atoms with E-state index in [9.17, 15) is 4.79 Å². The quantitative estimate of drug-likeness (QED) is 0.809. The molecule has 1 saturated carbocycles. The third kappa shape index (κ3) is 4.78. The lowest BCUT2D eigenvalue weighted by molar-refractivity contribution is -0.123. The third-order valence-electron chi connectivity index (χ3n) is 4.65. The van der Waals surface area contributed by atoms with Crippen molar-refractivity contribution in [3.05, 3.63) is 16.1 Å². The Kier molecular flexibility index (Phi) is 6.38. The molecule has 0 atom stereocenters. The van der Waals surface area contributed by atoms with Crippen LogP contribution in [0.25, 0.3) is 0 Å². The van der Waals surface area contributed by atoms with Gasteiger partial charge in [0.15, 0.2) is 0 Å². The molecule has 1 heterocycles. The Hall–Kier alpha value is -0.940. The second-order valence-electron chi connectivity index (χ2n) is 6.87. The molecule has 3 N–H and O–H groups in total. The van der Waals surface area contributed by atoms with Crippen molar-refractivity contribution in [3.8, 4) is 0 Å². The fourth-order valence-electron chi connectivity index (χ4n) is 3.19. The molecule has 0 unspecified atom stereocenters. The molecule has 0 bridgehead atoms. The molecule has 0 saturated heterocycles. The molecule has 1 aromatic rings. The molecule has 5 heteroatoms. The summed E-state index contributed by atoms with van der Waals surface area (Å²) in [5, 5.41) is 6.32. The minimum Gasteiger partial charge on any atom is -0.356 e. The highest BCUT2D eigenvalue weighted by atomic mass is 32.1. The number of hydrogen-bond acceptors (Lipinski definition) is 4. The predicted molar refractivity (Wildman–Crippen MR) is 92.1 cm³/mol. The van der Waals surface area contributed by atoms with Crippen LogP contribution in [0.4, 0.5) is 0 Å². The van der Waals surface area contributed by atoms with Crippen LogP contribution in [0, 0.1) is 5.41 Å². The van der Waals surface area contributed by atoms with Crippen LogP contribution in [-0.2, 0) is 11.2 Å². The van der Waals surface area contributed by atoms with E-state index in [4.69, 9.17) is 5.73 Å². The van der Waals surface area contributed by atoms with Gasteiger partial charge < -0.3 is 11.1 Å². The minimum absolute atomic E-state index is 0.0494. The van der Waals surface area contributed by atoms with E-state index >= 15 is 0 Å². The molecular weight excluding hydrogens is 294 g/mol. The van der Waals surface area contributed by atoms with Gasteiger partial charge in [0.25, 0.3) is 0 Å². The summed E-state index contributed by atoms with van der Waals surface area (Å²) < 4.78 is 0. The van der Waals surface area contributed by atoms with Crippen molar-refractivity contribution >= 4 is 17.2 Å². The van der Waals surface area contributed by atoms with Gasteiger partial charge in [-0.1, -0.05) is 33.1 Å². The summed E-state index contributed by atoms with van der Waals surface area (Å²) in [4.78, 5) is 16.8. The zero-order valence-electron chi connectivity index (χ0n) is 13.9. The first kappa shape index (κ1) is 17.4. The second-order valence-corrected chi connectivity index (χ2v) is 7.76. The van der Waals surface area contributed by atoms with Crippen LogP contribution in [0.2, 0.25) is 0 Å². The summed E-state index contributed by atoms with van der Waals surface area (Å²) in [7, 11) is 0. The average molecular weight is 324 g/mol. The van der Waals surface area contributed by atoms with E-state index in [0.717, 1.165) is 25.0 Å². The first-order valence-corrected chi connectivity index (χ1v) is 9.34. The predicted octanol–water partition coefficient (Wildman–Crippen LogP) is 3.22. The highest BCUT2D eigenvalue weighted by Crippen LogP contribution is 2.38. The first-order chi connectivity index (χ1) is 10.5. The van der Waals surface area contributed by atoms with Crippen LogP contribution in [0.5, 0.6) is 0 Å². The van der Waals surface area contributed by atoms with Gasteiger partial charge >= 0.3 is 0 Å². The summed E-state index contributed by atoms with van der Waals surface area (Å²) >= 11 is 1.71. The van der Waals surface area contributed by atoms with Crippen molar-refractivity contribution in [1.82, 2.24) is 10.3 Å². The van der Waals surface area contributed by atoms with E-state index in [1.165, 1.54) is 24.3 Å². The normalized spacial score (nSPS) is 17.6. The second kappa shape index (κ2) is 8.06. The van der Waals surface area contributed by atoms with Crippen LogP contribution in [-0.4, -0.2) is 24.0 Å². The average Bonchev–Trinajstić information content (AvgIpc) is 2.97. The van der Waals surface area contributed by atoms with Gasteiger partial charge in [0.1, 0.15) is 0 Å². The van der Waals surface area contributed by atoms with Crippen molar-refractivity contribution < 1.29 is 4.79 Å². The highest BCUT2D eigenvalue weighted by molar-refractivity contribution is 7.09. The summed E-state index contributed by atoms with van der Waals surface area (Å²) in [6, 6.07) is 0. The van der Waals surface area contributed by atoms with Crippen molar-refractivity contribution in [2.24, 2.45) is 11.1 Å². The Morgan fingerprint density at radius 3 is 2.73 bits per heavy atom. The van der Waals surface area contributed by atoms with E-state index in [-0.39, 0.29) is 11.3 Å². The fourth-order valence-corrected chi connectivity index (χ4v) is 4.06. The lowest BCUT2D eigenvalue weighted by Gasteiger charge is -2.35. The van der Waals surface area contributed by atoms with Crippen molar-refractivity contribution in [1.29, 1.82) is 0 Å². The number of aromatic nitrogens is 1. The lowest BCUT2D eigenvalue weighted by atomic mass is 9.71. The molecule has 4 nitrogen and oxygen atoms in total. The Morgan fingerprint density at radius 1 is 1.41 bits per heavy atom.